The molecule has 4 aliphatic rings. The van der Waals surface area contributed by atoms with Crippen molar-refractivity contribution in [3.8, 4) is 0 Å². The van der Waals surface area contributed by atoms with E-state index in [1.54, 1.807) is 0 Å². The summed E-state index contributed by atoms with van der Waals surface area (Å²) >= 11 is 0. The van der Waals surface area contributed by atoms with Gasteiger partial charge < -0.3 is 15.2 Å². The molecule has 0 aromatic heterocycles. The SMILES string of the molecule is CC[C@H](C)NC[C@@H](O)COC12CC3CC(CC(C3)C1)C2. The van der Waals surface area contributed by atoms with Crippen LogP contribution in [0, 0.1) is 17.8 Å². The molecule has 0 unspecified atom stereocenters. The van der Waals surface area contributed by atoms with E-state index in [1.165, 1.54) is 38.5 Å². The zero-order valence-electron chi connectivity index (χ0n) is 13.1. The molecule has 0 spiro atoms. The Morgan fingerprint density at radius 3 is 2.20 bits per heavy atom. The van der Waals surface area contributed by atoms with Crippen LogP contribution in [0.1, 0.15) is 58.8 Å². The highest BCUT2D eigenvalue weighted by molar-refractivity contribution is 5.03. The summed E-state index contributed by atoms with van der Waals surface area (Å²) in [6, 6.07) is 0.476. The molecule has 0 aliphatic heterocycles. The average molecular weight is 281 g/mol. The van der Waals surface area contributed by atoms with Gasteiger partial charge in [0.2, 0.25) is 0 Å². The van der Waals surface area contributed by atoms with Crippen molar-refractivity contribution in [2.45, 2.75) is 76.5 Å². The van der Waals surface area contributed by atoms with Crippen molar-refractivity contribution < 1.29 is 9.84 Å². The molecule has 0 aromatic rings. The molecular formula is C17H31NO2. The fourth-order valence-corrected chi connectivity index (χ4v) is 5.02. The summed E-state index contributed by atoms with van der Waals surface area (Å²) in [5, 5.41) is 13.5. The van der Waals surface area contributed by atoms with Gasteiger partial charge in [0.15, 0.2) is 0 Å². The summed E-state index contributed by atoms with van der Waals surface area (Å²) in [4.78, 5) is 0. The summed E-state index contributed by atoms with van der Waals surface area (Å²) < 4.78 is 6.28. The van der Waals surface area contributed by atoms with Crippen molar-refractivity contribution in [1.82, 2.24) is 5.32 Å². The topological polar surface area (TPSA) is 41.5 Å². The van der Waals surface area contributed by atoms with Crippen LogP contribution in [0.15, 0.2) is 0 Å². The van der Waals surface area contributed by atoms with E-state index in [0.29, 0.717) is 19.2 Å². The second-order valence-electron chi connectivity index (χ2n) is 7.78. The molecule has 0 aromatic carbocycles. The van der Waals surface area contributed by atoms with Gasteiger partial charge in [-0.15, -0.1) is 0 Å². The Balaban J connectivity index is 1.46. The number of hydrogen-bond acceptors (Lipinski definition) is 3. The van der Waals surface area contributed by atoms with E-state index in [1.807, 2.05) is 0 Å². The van der Waals surface area contributed by atoms with Gasteiger partial charge >= 0.3 is 0 Å². The lowest BCUT2D eigenvalue weighted by Gasteiger charge is -2.56. The van der Waals surface area contributed by atoms with E-state index in [0.717, 1.165) is 24.2 Å². The number of nitrogens with one attached hydrogen (secondary N) is 1. The molecule has 0 radical (unpaired) electrons. The fraction of sp³-hybridized carbons (Fsp3) is 1.00. The third kappa shape index (κ3) is 3.20. The Kier molecular flexibility index (Phi) is 4.40. The van der Waals surface area contributed by atoms with E-state index in [9.17, 15) is 5.11 Å². The lowest BCUT2D eigenvalue weighted by atomic mass is 9.54. The molecule has 3 nitrogen and oxygen atoms in total. The Morgan fingerprint density at radius 1 is 1.15 bits per heavy atom. The van der Waals surface area contributed by atoms with Gasteiger partial charge in [0.05, 0.1) is 18.3 Å². The highest BCUT2D eigenvalue weighted by atomic mass is 16.5. The largest absolute Gasteiger partial charge is 0.389 e. The number of rotatable bonds is 7. The molecule has 20 heavy (non-hydrogen) atoms. The molecule has 4 saturated carbocycles. The van der Waals surface area contributed by atoms with Crippen LogP contribution < -0.4 is 5.32 Å². The Bertz CT molecular complexity index is 296. The van der Waals surface area contributed by atoms with Crippen LogP contribution >= 0.6 is 0 Å². The standard InChI is InChI=1S/C17H31NO2/c1-3-12(2)18-10-16(19)11-20-17-7-13-4-14(8-17)6-15(5-13)9-17/h12-16,18-19H,3-11H2,1-2H3/t12-,13?,14?,15?,16+,17?/m0/s1. The minimum atomic E-state index is -0.364. The normalized spacial score (nSPS) is 41.9. The molecule has 2 atom stereocenters. The lowest BCUT2D eigenvalue weighted by Crippen LogP contribution is -2.53. The first-order valence-corrected chi connectivity index (χ1v) is 8.64. The van der Waals surface area contributed by atoms with E-state index in [-0.39, 0.29) is 11.7 Å². The maximum absolute atomic E-state index is 10.1. The third-order valence-corrected chi connectivity index (χ3v) is 5.88. The summed E-state index contributed by atoms with van der Waals surface area (Å²) in [6.45, 7) is 5.49. The van der Waals surface area contributed by atoms with Gasteiger partial charge in [-0.3, -0.25) is 0 Å². The van der Waals surface area contributed by atoms with Gasteiger partial charge in [0, 0.05) is 12.6 Å². The minimum Gasteiger partial charge on any atom is -0.389 e. The second-order valence-corrected chi connectivity index (χ2v) is 7.78. The van der Waals surface area contributed by atoms with Gasteiger partial charge in [0.1, 0.15) is 0 Å². The van der Waals surface area contributed by atoms with Crippen LogP contribution in [-0.4, -0.2) is 36.0 Å². The first kappa shape index (κ1) is 14.8. The predicted molar refractivity (Wildman–Crippen MR) is 80.6 cm³/mol. The summed E-state index contributed by atoms with van der Waals surface area (Å²) in [7, 11) is 0. The van der Waals surface area contributed by atoms with Crippen LogP contribution in [0.2, 0.25) is 0 Å². The maximum atomic E-state index is 10.1. The molecule has 3 heteroatoms. The molecule has 2 N–H and O–H groups in total. The summed E-state index contributed by atoms with van der Waals surface area (Å²) in [6.07, 6.45) is 8.83. The second kappa shape index (κ2) is 5.94. The zero-order valence-corrected chi connectivity index (χ0v) is 13.1. The quantitative estimate of drug-likeness (QED) is 0.754. The van der Waals surface area contributed by atoms with Gasteiger partial charge in [-0.1, -0.05) is 6.92 Å². The fourth-order valence-electron chi connectivity index (χ4n) is 5.02. The Hall–Kier alpha value is -0.120. The molecule has 0 saturated heterocycles. The summed E-state index contributed by atoms with van der Waals surface area (Å²) in [5.74, 6) is 2.74. The first-order chi connectivity index (χ1) is 9.58. The molecule has 4 fully saturated rings. The van der Waals surface area contributed by atoms with Gasteiger partial charge in [-0.05, 0) is 69.6 Å². The number of ether oxygens (including phenoxy) is 1. The van der Waals surface area contributed by atoms with Crippen molar-refractivity contribution in [1.29, 1.82) is 0 Å². The zero-order chi connectivity index (χ0) is 14.2. The first-order valence-electron chi connectivity index (χ1n) is 8.64. The average Bonchev–Trinajstić information content (AvgIpc) is 2.41. The lowest BCUT2D eigenvalue weighted by molar-refractivity contribution is -0.174. The van der Waals surface area contributed by atoms with Crippen LogP contribution in [0.5, 0.6) is 0 Å². The molecular weight excluding hydrogens is 250 g/mol. The van der Waals surface area contributed by atoms with E-state index < -0.39 is 0 Å². The van der Waals surface area contributed by atoms with Gasteiger partial charge in [-0.25, -0.2) is 0 Å². The number of hydrogen-bond donors (Lipinski definition) is 2. The Labute approximate surface area is 123 Å². The predicted octanol–water partition coefficient (Wildman–Crippen LogP) is 2.72. The molecule has 0 heterocycles. The van der Waals surface area contributed by atoms with Crippen LogP contribution in [-0.2, 0) is 4.74 Å². The third-order valence-electron chi connectivity index (χ3n) is 5.88. The van der Waals surface area contributed by atoms with E-state index >= 15 is 0 Å². The number of aliphatic hydroxyl groups excluding tert-OH is 1. The van der Waals surface area contributed by atoms with Crippen molar-refractivity contribution in [3.05, 3.63) is 0 Å². The number of aliphatic hydroxyl groups is 1. The highest BCUT2D eigenvalue weighted by Gasteiger charge is 2.51. The van der Waals surface area contributed by atoms with E-state index in [4.69, 9.17) is 4.74 Å². The monoisotopic (exact) mass is 281 g/mol. The van der Waals surface area contributed by atoms with Crippen molar-refractivity contribution in [3.63, 3.8) is 0 Å². The van der Waals surface area contributed by atoms with Gasteiger partial charge in [-0.2, -0.15) is 0 Å². The minimum absolute atomic E-state index is 0.131. The smallest absolute Gasteiger partial charge is 0.0898 e. The van der Waals surface area contributed by atoms with Gasteiger partial charge in [0.25, 0.3) is 0 Å². The Morgan fingerprint density at radius 2 is 1.70 bits per heavy atom. The molecule has 0 amide bonds. The van der Waals surface area contributed by atoms with Crippen LogP contribution in [0.4, 0.5) is 0 Å². The molecule has 4 bridgehead atoms. The van der Waals surface area contributed by atoms with Crippen molar-refractivity contribution in [2.24, 2.45) is 17.8 Å². The molecule has 116 valence electrons. The van der Waals surface area contributed by atoms with Crippen molar-refractivity contribution >= 4 is 0 Å². The highest BCUT2D eigenvalue weighted by Crippen LogP contribution is 2.57. The van der Waals surface area contributed by atoms with Crippen LogP contribution in [0.3, 0.4) is 0 Å². The summed E-state index contributed by atoms with van der Waals surface area (Å²) in [5.41, 5.74) is 0.131. The van der Waals surface area contributed by atoms with Crippen LogP contribution in [0.25, 0.3) is 0 Å². The molecule has 4 rings (SSSR count). The van der Waals surface area contributed by atoms with Crippen molar-refractivity contribution in [2.75, 3.05) is 13.2 Å². The molecule has 4 aliphatic carbocycles. The van der Waals surface area contributed by atoms with E-state index in [2.05, 4.69) is 19.2 Å². The maximum Gasteiger partial charge on any atom is 0.0898 e.